The zero-order chi connectivity index (χ0) is 11.9. The Kier molecular flexibility index (Phi) is 3.01. The van der Waals surface area contributed by atoms with Crippen molar-refractivity contribution in [3.8, 4) is 0 Å². The summed E-state index contributed by atoms with van der Waals surface area (Å²) in [6, 6.07) is 6.67. The lowest BCUT2D eigenvalue weighted by molar-refractivity contribution is 0.331. The Morgan fingerprint density at radius 1 is 1.24 bits per heavy atom. The Balaban J connectivity index is 1.76. The molecule has 3 heteroatoms. The van der Waals surface area contributed by atoms with Gasteiger partial charge in [0, 0.05) is 16.6 Å². The lowest BCUT2D eigenvalue weighted by Gasteiger charge is -2.17. The summed E-state index contributed by atoms with van der Waals surface area (Å²) in [6.07, 6.45) is 4.96. The molecule has 1 heterocycles. The van der Waals surface area contributed by atoms with Gasteiger partial charge in [-0.05, 0) is 56.0 Å². The molecule has 17 heavy (non-hydrogen) atoms. The second kappa shape index (κ2) is 4.38. The van der Waals surface area contributed by atoms with Gasteiger partial charge in [0.1, 0.15) is 0 Å². The molecule has 1 aromatic rings. The normalized spacial score (nSPS) is 22.9. The quantitative estimate of drug-likeness (QED) is 0.929. The van der Waals surface area contributed by atoms with E-state index in [0.29, 0.717) is 0 Å². The first-order valence-electron chi connectivity index (χ1n) is 6.48. The van der Waals surface area contributed by atoms with Gasteiger partial charge in [0.2, 0.25) is 0 Å². The SMILES string of the molecule is NC1(c2ccc(CN3CCCC3)c(Br)c2)CC1. The third-order valence-corrected chi connectivity index (χ3v) is 4.75. The molecule has 1 saturated heterocycles. The maximum absolute atomic E-state index is 6.22. The third kappa shape index (κ3) is 2.42. The van der Waals surface area contributed by atoms with Crippen LogP contribution in [0.2, 0.25) is 0 Å². The highest BCUT2D eigenvalue weighted by Gasteiger charge is 2.40. The van der Waals surface area contributed by atoms with Gasteiger partial charge in [-0.15, -0.1) is 0 Å². The van der Waals surface area contributed by atoms with E-state index in [1.807, 2.05) is 0 Å². The van der Waals surface area contributed by atoms with Gasteiger partial charge in [-0.3, -0.25) is 4.90 Å². The number of hydrogen-bond donors (Lipinski definition) is 1. The van der Waals surface area contributed by atoms with E-state index in [1.165, 1.54) is 41.5 Å². The van der Waals surface area contributed by atoms with Gasteiger partial charge in [-0.1, -0.05) is 28.1 Å². The molecule has 92 valence electrons. The van der Waals surface area contributed by atoms with Gasteiger partial charge < -0.3 is 5.73 Å². The molecule has 0 unspecified atom stereocenters. The summed E-state index contributed by atoms with van der Waals surface area (Å²) in [5.74, 6) is 0. The second-order valence-corrected chi connectivity index (χ2v) is 6.30. The van der Waals surface area contributed by atoms with Crippen LogP contribution in [0.15, 0.2) is 22.7 Å². The van der Waals surface area contributed by atoms with E-state index in [9.17, 15) is 0 Å². The molecule has 1 aliphatic carbocycles. The highest BCUT2D eigenvalue weighted by atomic mass is 79.9. The average Bonchev–Trinajstić information content (AvgIpc) is 2.87. The van der Waals surface area contributed by atoms with Crippen LogP contribution in [0.25, 0.3) is 0 Å². The van der Waals surface area contributed by atoms with E-state index in [-0.39, 0.29) is 5.54 Å². The van der Waals surface area contributed by atoms with Crippen molar-refractivity contribution < 1.29 is 0 Å². The van der Waals surface area contributed by atoms with Crippen molar-refractivity contribution >= 4 is 15.9 Å². The van der Waals surface area contributed by atoms with E-state index in [0.717, 1.165) is 19.4 Å². The van der Waals surface area contributed by atoms with E-state index >= 15 is 0 Å². The lowest BCUT2D eigenvalue weighted by Crippen LogP contribution is -2.20. The van der Waals surface area contributed by atoms with Crippen molar-refractivity contribution in [2.45, 2.75) is 37.8 Å². The molecular formula is C14H19BrN2. The fourth-order valence-corrected chi connectivity index (χ4v) is 3.09. The molecule has 0 bridgehead atoms. The standard InChI is InChI=1S/C14H19BrN2/c15-13-9-12(14(16)5-6-14)4-3-11(13)10-17-7-1-2-8-17/h3-4,9H,1-2,5-8,10,16H2. The van der Waals surface area contributed by atoms with Gasteiger partial charge in [-0.25, -0.2) is 0 Å². The molecule has 0 atom stereocenters. The summed E-state index contributed by atoms with van der Waals surface area (Å²) >= 11 is 3.69. The van der Waals surface area contributed by atoms with Crippen LogP contribution in [0.4, 0.5) is 0 Å². The number of rotatable bonds is 3. The molecule has 2 fully saturated rings. The molecular weight excluding hydrogens is 276 g/mol. The maximum Gasteiger partial charge on any atom is 0.0411 e. The van der Waals surface area contributed by atoms with E-state index in [1.54, 1.807) is 0 Å². The van der Waals surface area contributed by atoms with Crippen LogP contribution in [0.5, 0.6) is 0 Å². The number of halogens is 1. The molecule has 0 aromatic heterocycles. The molecule has 1 saturated carbocycles. The first-order chi connectivity index (χ1) is 8.17. The van der Waals surface area contributed by atoms with Gasteiger partial charge in [0.25, 0.3) is 0 Å². The number of hydrogen-bond acceptors (Lipinski definition) is 2. The van der Waals surface area contributed by atoms with Crippen LogP contribution in [0.3, 0.4) is 0 Å². The summed E-state index contributed by atoms with van der Waals surface area (Å²) in [5, 5.41) is 0. The van der Waals surface area contributed by atoms with Gasteiger partial charge in [-0.2, -0.15) is 0 Å². The number of nitrogens with zero attached hydrogens (tertiary/aromatic N) is 1. The lowest BCUT2D eigenvalue weighted by atomic mass is 10.0. The largest absolute Gasteiger partial charge is 0.321 e. The van der Waals surface area contributed by atoms with Gasteiger partial charge >= 0.3 is 0 Å². The van der Waals surface area contributed by atoms with Crippen molar-refractivity contribution in [2.24, 2.45) is 5.73 Å². The summed E-state index contributed by atoms with van der Waals surface area (Å²) < 4.78 is 1.22. The van der Waals surface area contributed by atoms with Crippen molar-refractivity contribution in [2.75, 3.05) is 13.1 Å². The smallest absolute Gasteiger partial charge is 0.0411 e. The Hall–Kier alpha value is -0.380. The number of likely N-dealkylation sites (tertiary alicyclic amines) is 1. The third-order valence-electron chi connectivity index (χ3n) is 4.01. The topological polar surface area (TPSA) is 29.3 Å². The zero-order valence-corrected chi connectivity index (χ0v) is 11.7. The summed E-state index contributed by atoms with van der Waals surface area (Å²) in [7, 11) is 0. The molecule has 1 aromatic carbocycles. The highest BCUT2D eigenvalue weighted by Crippen LogP contribution is 2.43. The summed E-state index contributed by atoms with van der Waals surface area (Å²) in [6.45, 7) is 3.56. The monoisotopic (exact) mass is 294 g/mol. The van der Waals surface area contributed by atoms with Gasteiger partial charge in [0.15, 0.2) is 0 Å². The molecule has 0 amide bonds. The van der Waals surface area contributed by atoms with Gasteiger partial charge in [0.05, 0.1) is 0 Å². The zero-order valence-electron chi connectivity index (χ0n) is 10.1. The summed E-state index contributed by atoms with van der Waals surface area (Å²) in [4.78, 5) is 2.52. The maximum atomic E-state index is 6.22. The summed E-state index contributed by atoms with van der Waals surface area (Å²) in [5.41, 5.74) is 8.88. The predicted molar refractivity (Wildman–Crippen MR) is 73.8 cm³/mol. The first-order valence-corrected chi connectivity index (χ1v) is 7.27. The van der Waals surface area contributed by atoms with E-state index < -0.39 is 0 Å². The minimum atomic E-state index is -0.0192. The second-order valence-electron chi connectivity index (χ2n) is 5.45. The van der Waals surface area contributed by atoms with Crippen molar-refractivity contribution in [1.29, 1.82) is 0 Å². The predicted octanol–water partition coefficient (Wildman–Crippen LogP) is 2.99. The minimum Gasteiger partial charge on any atom is -0.321 e. The fourth-order valence-electron chi connectivity index (χ4n) is 2.59. The van der Waals surface area contributed by atoms with Crippen LogP contribution < -0.4 is 5.73 Å². The Bertz CT molecular complexity index is 420. The molecule has 2 aliphatic rings. The number of benzene rings is 1. The Morgan fingerprint density at radius 2 is 1.94 bits per heavy atom. The van der Waals surface area contributed by atoms with Crippen molar-refractivity contribution in [1.82, 2.24) is 4.90 Å². The van der Waals surface area contributed by atoms with Crippen LogP contribution in [0.1, 0.15) is 36.8 Å². The molecule has 0 spiro atoms. The molecule has 2 nitrogen and oxygen atoms in total. The average molecular weight is 295 g/mol. The fraction of sp³-hybridized carbons (Fsp3) is 0.571. The molecule has 2 N–H and O–H groups in total. The highest BCUT2D eigenvalue weighted by molar-refractivity contribution is 9.10. The molecule has 3 rings (SSSR count). The number of nitrogens with two attached hydrogens (primary N) is 1. The van der Waals surface area contributed by atoms with E-state index in [4.69, 9.17) is 5.73 Å². The Morgan fingerprint density at radius 3 is 2.53 bits per heavy atom. The first kappa shape index (κ1) is 11.7. The van der Waals surface area contributed by atoms with Crippen LogP contribution in [0, 0.1) is 0 Å². The van der Waals surface area contributed by atoms with E-state index in [2.05, 4.69) is 39.0 Å². The van der Waals surface area contributed by atoms with Crippen molar-refractivity contribution in [3.05, 3.63) is 33.8 Å². The van der Waals surface area contributed by atoms with Crippen LogP contribution in [-0.4, -0.2) is 18.0 Å². The Labute approximate surface area is 111 Å². The van der Waals surface area contributed by atoms with Crippen LogP contribution >= 0.6 is 15.9 Å². The van der Waals surface area contributed by atoms with Crippen LogP contribution in [-0.2, 0) is 12.1 Å². The molecule has 1 aliphatic heterocycles. The molecule has 0 radical (unpaired) electrons. The minimum absolute atomic E-state index is 0.0192. The van der Waals surface area contributed by atoms with Crippen molar-refractivity contribution in [3.63, 3.8) is 0 Å².